The molecule has 2 N–H and O–H groups in total. The zero-order valence-corrected chi connectivity index (χ0v) is 13.6. The summed E-state index contributed by atoms with van der Waals surface area (Å²) in [4.78, 5) is 11.7. The van der Waals surface area contributed by atoms with Gasteiger partial charge in [-0.05, 0) is 19.3 Å². The summed E-state index contributed by atoms with van der Waals surface area (Å²) in [6.45, 7) is 9.87. The van der Waals surface area contributed by atoms with Gasteiger partial charge in [0.1, 0.15) is 5.76 Å². The van der Waals surface area contributed by atoms with Crippen LogP contribution in [-0.4, -0.2) is 34.6 Å². The predicted molar refractivity (Wildman–Crippen MR) is 80.6 cm³/mol. The normalized spacial score (nSPS) is 13.3. The summed E-state index contributed by atoms with van der Waals surface area (Å²) in [5.74, 6) is 1.81. The minimum Gasteiger partial charge on any atom is -0.391 e. The molecule has 1 aromatic heterocycles. The van der Waals surface area contributed by atoms with E-state index in [1.165, 1.54) is 11.8 Å². The number of nitrogens with one attached hydrogen (secondary N) is 1. The molecule has 20 heavy (non-hydrogen) atoms. The average molecular weight is 300 g/mol. The monoisotopic (exact) mass is 300 g/mol. The van der Waals surface area contributed by atoms with Crippen LogP contribution >= 0.6 is 11.8 Å². The second-order valence-electron chi connectivity index (χ2n) is 5.98. The topological polar surface area (TPSA) is 75.4 Å². The van der Waals surface area contributed by atoms with Crippen LogP contribution in [0.25, 0.3) is 0 Å². The first kappa shape index (κ1) is 17.0. The van der Waals surface area contributed by atoms with Crippen molar-refractivity contribution in [1.82, 2.24) is 10.5 Å². The summed E-state index contributed by atoms with van der Waals surface area (Å²) >= 11 is 1.51. The van der Waals surface area contributed by atoms with Gasteiger partial charge in [-0.2, -0.15) is 0 Å². The summed E-state index contributed by atoms with van der Waals surface area (Å²) in [5, 5.41) is 16.5. The lowest BCUT2D eigenvalue weighted by atomic mass is 9.89. The van der Waals surface area contributed by atoms with E-state index in [1.54, 1.807) is 0 Å². The van der Waals surface area contributed by atoms with Crippen LogP contribution in [0.4, 0.5) is 0 Å². The Morgan fingerprint density at radius 1 is 1.45 bits per heavy atom. The third-order valence-corrected chi connectivity index (χ3v) is 4.11. The summed E-state index contributed by atoms with van der Waals surface area (Å²) in [6.07, 6.45) is -0.543. The van der Waals surface area contributed by atoms with Gasteiger partial charge in [0, 0.05) is 17.9 Å². The number of carbonyl (C=O) groups is 1. The van der Waals surface area contributed by atoms with Crippen LogP contribution in [0.5, 0.6) is 0 Å². The van der Waals surface area contributed by atoms with Gasteiger partial charge in [-0.3, -0.25) is 4.79 Å². The number of hydrogen-bond donors (Lipinski definition) is 2. The van der Waals surface area contributed by atoms with Crippen LogP contribution < -0.4 is 5.32 Å². The van der Waals surface area contributed by atoms with E-state index in [9.17, 15) is 9.90 Å². The lowest BCUT2D eigenvalue weighted by Gasteiger charge is -2.25. The molecule has 0 aliphatic carbocycles. The Hall–Kier alpha value is -1.01. The van der Waals surface area contributed by atoms with Gasteiger partial charge in [0.15, 0.2) is 0 Å². The van der Waals surface area contributed by atoms with E-state index in [-0.39, 0.29) is 17.9 Å². The molecule has 1 aromatic rings. The number of carbonyl (C=O) groups excluding carboxylic acids is 1. The standard InChI is InChI=1S/C14H24N2O3S/c1-9-11(10(2)19-16-9)7-20-8-13(18)15-6-12(17)14(3,4)5/h12,17H,6-8H2,1-5H3,(H,15,18). The van der Waals surface area contributed by atoms with Crippen molar-refractivity contribution < 1.29 is 14.4 Å². The van der Waals surface area contributed by atoms with Crippen molar-refractivity contribution in [3.05, 3.63) is 17.0 Å². The molecule has 1 rings (SSSR count). The minimum atomic E-state index is -0.543. The second kappa shape index (κ2) is 7.13. The molecule has 0 spiro atoms. The summed E-state index contributed by atoms with van der Waals surface area (Å²) < 4.78 is 5.07. The van der Waals surface area contributed by atoms with Crippen LogP contribution in [0.1, 0.15) is 37.8 Å². The van der Waals surface area contributed by atoms with Crippen molar-refractivity contribution in [2.24, 2.45) is 5.41 Å². The third kappa shape index (κ3) is 5.17. The van der Waals surface area contributed by atoms with E-state index < -0.39 is 6.10 Å². The van der Waals surface area contributed by atoms with Crippen molar-refractivity contribution in [2.75, 3.05) is 12.3 Å². The molecule has 0 fully saturated rings. The van der Waals surface area contributed by atoms with Crippen LogP contribution in [0.3, 0.4) is 0 Å². The summed E-state index contributed by atoms with van der Waals surface area (Å²) in [5.41, 5.74) is 1.70. The highest BCUT2D eigenvalue weighted by molar-refractivity contribution is 7.99. The van der Waals surface area contributed by atoms with Crippen molar-refractivity contribution in [1.29, 1.82) is 0 Å². The lowest BCUT2D eigenvalue weighted by Crippen LogP contribution is -2.39. The molecule has 0 radical (unpaired) electrons. The Kier molecular flexibility index (Phi) is 6.07. The Labute approximate surface area is 124 Å². The molecule has 1 heterocycles. The van der Waals surface area contributed by atoms with Crippen molar-refractivity contribution in [3.63, 3.8) is 0 Å². The Morgan fingerprint density at radius 2 is 2.10 bits per heavy atom. The number of aromatic nitrogens is 1. The summed E-state index contributed by atoms with van der Waals surface area (Å²) in [6, 6.07) is 0. The number of aryl methyl sites for hydroxylation is 2. The van der Waals surface area contributed by atoms with Crippen LogP contribution in [0.15, 0.2) is 4.52 Å². The summed E-state index contributed by atoms with van der Waals surface area (Å²) in [7, 11) is 0. The van der Waals surface area contributed by atoms with Gasteiger partial charge < -0.3 is 14.9 Å². The van der Waals surface area contributed by atoms with Gasteiger partial charge in [0.05, 0.1) is 17.6 Å². The molecule has 6 heteroatoms. The van der Waals surface area contributed by atoms with Gasteiger partial charge in [-0.1, -0.05) is 25.9 Å². The van der Waals surface area contributed by atoms with E-state index in [0.29, 0.717) is 11.5 Å². The molecule has 0 aliphatic heterocycles. The van der Waals surface area contributed by atoms with Gasteiger partial charge >= 0.3 is 0 Å². The fourth-order valence-electron chi connectivity index (χ4n) is 1.52. The maximum atomic E-state index is 11.7. The molecule has 0 saturated carbocycles. The van der Waals surface area contributed by atoms with Crippen LogP contribution in [0, 0.1) is 19.3 Å². The molecular weight excluding hydrogens is 276 g/mol. The molecule has 1 atom stereocenters. The number of aliphatic hydroxyl groups is 1. The highest BCUT2D eigenvalue weighted by Gasteiger charge is 2.22. The molecule has 1 amide bonds. The molecule has 1 unspecified atom stereocenters. The van der Waals surface area contributed by atoms with E-state index in [0.717, 1.165) is 17.0 Å². The number of nitrogens with zero attached hydrogens (tertiary/aromatic N) is 1. The van der Waals surface area contributed by atoms with Crippen molar-refractivity contribution >= 4 is 17.7 Å². The molecule has 0 aromatic carbocycles. The Morgan fingerprint density at radius 3 is 2.60 bits per heavy atom. The van der Waals surface area contributed by atoms with Gasteiger partial charge in [0.25, 0.3) is 0 Å². The molecular formula is C14H24N2O3S. The zero-order valence-electron chi connectivity index (χ0n) is 12.8. The van der Waals surface area contributed by atoms with Crippen LogP contribution in [0.2, 0.25) is 0 Å². The second-order valence-corrected chi connectivity index (χ2v) is 6.97. The molecule has 114 valence electrons. The highest BCUT2D eigenvalue weighted by atomic mass is 32.2. The first-order valence-corrected chi connectivity index (χ1v) is 7.81. The third-order valence-electron chi connectivity index (χ3n) is 3.15. The van der Waals surface area contributed by atoms with E-state index in [4.69, 9.17) is 4.52 Å². The molecule has 5 nitrogen and oxygen atoms in total. The fourth-order valence-corrected chi connectivity index (χ4v) is 2.53. The predicted octanol–water partition coefficient (Wildman–Crippen LogP) is 2.05. The van der Waals surface area contributed by atoms with Crippen LogP contribution in [-0.2, 0) is 10.5 Å². The van der Waals surface area contributed by atoms with E-state index in [1.807, 2.05) is 34.6 Å². The van der Waals surface area contributed by atoms with E-state index >= 15 is 0 Å². The lowest BCUT2D eigenvalue weighted by molar-refractivity contribution is -0.119. The quantitative estimate of drug-likeness (QED) is 0.841. The molecule has 0 saturated heterocycles. The fraction of sp³-hybridized carbons (Fsp3) is 0.714. The number of thioether (sulfide) groups is 1. The number of aliphatic hydroxyl groups excluding tert-OH is 1. The first-order chi connectivity index (χ1) is 9.21. The van der Waals surface area contributed by atoms with E-state index in [2.05, 4.69) is 10.5 Å². The van der Waals surface area contributed by atoms with Crippen molar-refractivity contribution in [2.45, 2.75) is 46.5 Å². The van der Waals surface area contributed by atoms with Crippen molar-refractivity contribution in [3.8, 4) is 0 Å². The SMILES string of the molecule is Cc1noc(C)c1CSCC(=O)NCC(O)C(C)(C)C. The minimum absolute atomic E-state index is 0.0648. The first-order valence-electron chi connectivity index (χ1n) is 6.66. The maximum Gasteiger partial charge on any atom is 0.230 e. The Bertz CT molecular complexity index is 432. The molecule has 0 aliphatic rings. The highest BCUT2D eigenvalue weighted by Crippen LogP contribution is 2.20. The number of amides is 1. The average Bonchev–Trinajstić information content (AvgIpc) is 2.66. The van der Waals surface area contributed by atoms with Gasteiger partial charge in [0.2, 0.25) is 5.91 Å². The zero-order chi connectivity index (χ0) is 15.3. The number of hydrogen-bond acceptors (Lipinski definition) is 5. The number of rotatable bonds is 6. The van der Waals surface area contributed by atoms with Gasteiger partial charge in [-0.15, -0.1) is 11.8 Å². The Balaban J connectivity index is 2.28. The van der Waals surface area contributed by atoms with Gasteiger partial charge in [-0.25, -0.2) is 0 Å². The smallest absolute Gasteiger partial charge is 0.230 e. The maximum absolute atomic E-state index is 11.7. The molecule has 0 bridgehead atoms. The largest absolute Gasteiger partial charge is 0.391 e.